The second kappa shape index (κ2) is 4.88. The Labute approximate surface area is 78.1 Å². The van der Waals surface area contributed by atoms with Crippen LogP contribution in [0.4, 0.5) is 0 Å². The van der Waals surface area contributed by atoms with E-state index in [1.165, 1.54) is 0 Å². The topological polar surface area (TPSA) is 46.5 Å². The molecule has 13 heavy (non-hydrogen) atoms. The highest BCUT2D eigenvalue weighted by Crippen LogP contribution is 2.26. The summed E-state index contributed by atoms with van der Waals surface area (Å²) >= 11 is 0. The summed E-state index contributed by atoms with van der Waals surface area (Å²) in [7, 11) is 0. The molecule has 1 aliphatic rings. The number of hydrogen-bond donors (Lipinski definition) is 1. The smallest absolute Gasteiger partial charge is 0.309 e. The summed E-state index contributed by atoms with van der Waals surface area (Å²) in [4.78, 5) is 10.8. The van der Waals surface area contributed by atoms with Crippen LogP contribution in [0.2, 0.25) is 0 Å². The highest BCUT2D eigenvalue weighted by Gasteiger charge is 2.31. The molecule has 1 aliphatic carbocycles. The average Bonchev–Trinajstić information content (AvgIpc) is 2.15. The number of carboxylic acid groups (broad SMARTS) is 1. The van der Waals surface area contributed by atoms with E-state index in [9.17, 15) is 4.79 Å². The average molecular weight is 182 g/mol. The highest BCUT2D eigenvalue weighted by atomic mass is 16.5. The van der Waals surface area contributed by atoms with Gasteiger partial charge in [-0.1, -0.05) is 18.8 Å². The van der Waals surface area contributed by atoms with Gasteiger partial charge in [-0.2, -0.15) is 0 Å². The third-order valence-corrected chi connectivity index (χ3v) is 2.40. The molecule has 1 fully saturated rings. The number of carboxylic acids is 1. The SMILES string of the molecule is C#CCOC1CCCCC1C(=O)O. The minimum atomic E-state index is -0.762. The van der Waals surface area contributed by atoms with Crippen molar-refractivity contribution < 1.29 is 14.6 Å². The normalized spacial score (nSPS) is 27.9. The summed E-state index contributed by atoms with van der Waals surface area (Å²) in [5.41, 5.74) is 0. The molecule has 1 rings (SSSR count). The lowest BCUT2D eigenvalue weighted by Gasteiger charge is -2.27. The number of aliphatic carboxylic acids is 1. The van der Waals surface area contributed by atoms with E-state index in [0.29, 0.717) is 6.42 Å². The van der Waals surface area contributed by atoms with Gasteiger partial charge in [0.05, 0.1) is 12.0 Å². The van der Waals surface area contributed by atoms with Crippen LogP contribution >= 0.6 is 0 Å². The quantitative estimate of drug-likeness (QED) is 0.669. The summed E-state index contributed by atoms with van der Waals surface area (Å²) in [6, 6.07) is 0. The molecule has 0 aromatic carbocycles. The van der Waals surface area contributed by atoms with Gasteiger partial charge in [0.15, 0.2) is 0 Å². The lowest BCUT2D eigenvalue weighted by Crippen LogP contribution is -2.33. The summed E-state index contributed by atoms with van der Waals surface area (Å²) in [6.07, 6.45) is 8.42. The van der Waals surface area contributed by atoms with Crippen molar-refractivity contribution in [2.45, 2.75) is 31.8 Å². The predicted octanol–water partition coefficient (Wildman–Crippen LogP) is 1.28. The van der Waals surface area contributed by atoms with E-state index in [4.69, 9.17) is 16.3 Å². The first-order valence-corrected chi connectivity index (χ1v) is 4.53. The predicted molar refractivity (Wildman–Crippen MR) is 48.2 cm³/mol. The van der Waals surface area contributed by atoms with Gasteiger partial charge in [0.25, 0.3) is 0 Å². The molecule has 0 bridgehead atoms. The maximum Gasteiger partial charge on any atom is 0.309 e. The van der Waals surface area contributed by atoms with Crippen LogP contribution in [0.15, 0.2) is 0 Å². The fraction of sp³-hybridized carbons (Fsp3) is 0.700. The largest absolute Gasteiger partial charge is 0.481 e. The van der Waals surface area contributed by atoms with E-state index in [0.717, 1.165) is 19.3 Å². The molecule has 0 spiro atoms. The summed E-state index contributed by atoms with van der Waals surface area (Å²) in [5.74, 6) is 1.24. The molecule has 1 N–H and O–H groups in total. The standard InChI is InChI=1S/C10H14O3/c1-2-7-13-9-6-4-3-5-8(9)10(11)12/h1,8-9H,3-7H2,(H,11,12). The van der Waals surface area contributed by atoms with Crippen LogP contribution in [0, 0.1) is 18.3 Å². The van der Waals surface area contributed by atoms with Crippen molar-refractivity contribution >= 4 is 5.97 Å². The molecule has 2 unspecified atom stereocenters. The molecule has 0 aromatic heterocycles. The van der Waals surface area contributed by atoms with E-state index in [1.54, 1.807) is 0 Å². The Balaban J connectivity index is 2.47. The van der Waals surface area contributed by atoms with E-state index in [2.05, 4.69) is 5.92 Å². The summed E-state index contributed by atoms with van der Waals surface area (Å²) < 4.78 is 5.29. The molecular formula is C10H14O3. The van der Waals surface area contributed by atoms with Gasteiger partial charge in [0.2, 0.25) is 0 Å². The van der Waals surface area contributed by atoms with Crippen LogP contribution in [0.3, 0.4) is 0 Å². The second-order valence-corrected chi connectivity index (χ2v) is 3.28. The van der Waals surface area contributed by atoms with Crippen LogP contribution in [0.5, 0.6) is 0 Å². The van der Waals surface area contributed by atoms with Gasteiger partial charge in [0, 0.05) is 0 Å². The first kappa shape index (κ1) is 10.1. The molecule has 0 aromatic rings. The number of terminal acetylenes is 1. The highest BCUT2D eigenvalue weighted by molar-refractivity contribution is 5.70. The molecule has 0 amide bonds. The third kappa shape index (κ3) is 2.74. The van der Waals surface area contributed by atoms with Crippen LogP contribution in [0.1, 0.15) is 25.7 Å². The molecule has 0 aliphatic heterocycles. The third-order valence-electron chi connectivity index (χ3n) is 2.40. The van der Waals surface area contributed by atoms with Gasteiger partial charge in [-0.25, -0.2) is 0 Å². The van der Waals surface area contributed by atoms with Crippen molar-refractivity contribution in [1.82, 2.24) is 0 Å². The first-order valence-electron chi connectivity index (χ1n) is 4.53. The summed E-state index contributed by atoms with van der Waals surface area (Å²) in [6.45, 7) is 0.217. The number of rotatable bonds is 3. The number of ether oxygens (including phenoxy) is 1. The van der Waals surface area contributed by atoms with Crippen molar-refractivity contribution in [3.8, 4) is 12.3 Å². The fourth-order valence-electron chi connectivity index (χ4n) is 1.73. The molecule has 0 saturated heterocycles. The van der Waals surface area contributed by atoms with Gasteiger partial charge in [-0.05, 0) is 12.8 Å². The lowest BCUT2D eigenvalue weighted by atomic mass is 9.86. The molecule has 3 heteroatoms. The molecule has 2 atom stereocenters. The van der Waals surface area contributed by atoms with Gasteiger partial charge in [-0.15, -0.1) is 6.42 Å². The van der Waals surface area contributed by atoms with Gasteiger partial charge >= 0.3 is 5.97 Å². The van der Waals surface area contributed by atoms with Gasteiger partial charge in [-0.3, -0.25) is 4.79 Å². The molecule has 72 valence electrons. The monoisotopic (exact) mass is 182 g/mol. The maximum absolute atomic E-state index is 10.8. The minimum Gasteiger partial charge on any atom is -0.481 e. The van der Waals surface area contributed by atoms with Crippen LogP contribution in [-0.2, 0) is 9.53 Å². The maximum atomic E-state index is 10.8. The minimum absolute atomic E-state index is 0.178. The molecule has 0 radical (unpaired) electrons. The zero-order valence-electron chi connectivity index (χ0n) is 7.53. The molecule has 0 heterocycles. The summed E-state index contributed by atoms with van der Waals surface area (Å²) in [5, 5.41) is 8.88. The van der Waals surface area contributed by atoms with Crippen molar-refractivity contribution in [1.29, 1.82) is 0 Å². The van der Waals surface area contributed by atoms with Crippen LogP contribution in [0.25, 0.3) is 0 Å². The molecule has 1 saturated carbocycles. The van der Waals surface area contributed by atoms with E-state index in [-0.39, 0.29) is 18.6 Å². The van der Waals surface area contributed by atoms with E-state index < -0.39 is 5.97 Å². The van der Waals surface area contributed by atoms with E-state index >= 15 is 0 Å². The zero-order chi connectivity index (χ0) is 9.68. The Kier molecular flexibility index (Phi) is 3.78. The number of carbonyl (C=O) groups is 1. The van der Waals surface area contributed by atoms with Crippen molar-refractivity contribution in [2.75, 3.05) is 6.61 Å². The van der Waals surface area contributed by atoms with Gasteiger partial charge in [0.1, 0.15) is 6.61 Å². The Morgan fingerprint density at radius 2 is 2.23 bits per heavy atom. The van der Waals surface area contributed by atoms with Crippen molar-refractivity contribution in [3.05, 3.63) is 0 Å². The Morgan fingerprint density at radius 3 is 2.85 bits per heavy atom. The number of hydrogen-bond acceptors (Lipinski definition) is 2. The first-order chi connectivity index (χ1) is 6.25. The fourth-order valence-corrected chi connectivity index (χ4v) is 1.73. The molecule has 3 nitrogen and oxygen atoms in total. The molecular weight excluding hydrogens is 168 g/mol. The van der Waals surface area contributed by atoms with Crippen LogP contribution < -0.4 is 0 Å². The Morgan fingerprint density at radius 1 is 1.54 bits per heavy atom. The van der Waals surface area contributed by atoms with E-state index in [1.807, 2.05) is 0 Å². The van der Waals surface area contributed by atoms with Crippen LogP contribution in [-0.4, -0.2) is 23.8 Å². The van der Waals surface area contributed by atoms with Gasteiger partial charge < -0.3 is 9.84 Å². The lowest BCUT2D eigenvalue weighted by molar-refractivity contribution is -0.149. The van der Waals surface area contributed by atoms with Crippen molar-refractivity contribution in [3.63, 3.8) is 0 Å². The second-order valence-electron chi connectivity index (χ2n) is 3.28. The Hall–Kier alpha value is -1.01. The zero-order valence-corrected chi connectivity index (χ0v) is 7.53. The van der Waals surface area contributed by atoms with Crippen molar-refractivity contribution in [2.24, 2.45) is 5.92 Å². The Bertz CT molecular complexity index is 217.